The number of para-hydroxylation sites is 1. The molecule has 0 aliphatic carbocycles. The van der Waals surface area contributed by atoms with Crippen molar-refractivity contribution in [2.24, 2.45) is 4.99 Å². The Morgan fingerprint density at radius 1 is 1.22 bits per heavy atom. The van der Waals surface area contributed by atoms with Crippen LogP contribution in [0.5, 0.6) is 0 Å². The molecule has 0 radical (unpaired) electrons. The highest BCUT2D eigenvalue weighted by atomic mass is 127. The van der Waals surface area contributed by atoms with E-state index in [1.807, 2.05) is 25.1 Å². The lowest BCUT2D eigenvalue weighted by atomic mass is 10.2. The first-order chi connectivity index (χ1) is 12.6. The summed E-state index contributed by atoms with van der Waals surface area (Å²) >= 11 is 0. The lowest BCUT2D eigenvalue weighted by Gasteiger charge is -2.36. The summed E-state index contributed by atoms with van der Waals surface area (Å²) in [4.78, 5) is 22.4. The number of nitrogens with one attached hydrogen (secondary N) is 1. The molecule has 152 valence electrons. The summed E-state index contributed by atoms with van der Waals surface area (Å²) in [6, 6.07) is 10.7. The minimum atomic E-state index is -0.229. The van der Waals surface area contributed by atoms with Crippen LogP contribution in [0.25, 0.3) is 0 Å². The lowest BCUT2D eigenvalue weighted by molar-refractivity contribution is 0.0914. The number of guanidine groups is 1. The number of benzene rings is 1. The van der Waals surface area contributed by atoms with E-state index < -0.39 is 0 Å². The Bertz CT molecular complexity index is 591. The summed E-state index contributed by atoms with van der Waals surface area (Å²) < 4.78 is 5.07. The number of ether oxygens (including phenoxy) is 1. The number of hydrogen-bond acceptors (Lipinski definition) is 4. The lowest BCUT2D eigenvalue weighted by Crippen LogP contribution is -2.55. The third-order valence-electron chi connectivity index (χ3n) is 4.70. The smallest absolute Gasteiger partial charge is 0.409 e. The van der Waals surface area contributed by atoms with Gasteiger partial charge >= 0.3 is 6.09 Å². The molecule has 0 spiro atoms. The second kappa shape index (κ2) is 11.9. The van der Waals surface area contributed by atoms with Crippen molar-refractivity contribution in [3.05, 3.63) is 30.3 Å². The Kier molecular flexibility index (Phi) is 10.3. The fourth-order valence-corrected chi connectivity index (χ4v) is 2.94. The number of carbonyl (C=O) groups excluding carboxylic acids is 1. The molecule has 1 aromatic rings. The van der Waals surface area contributed by atoms with E-state index in [1.54, 1.807) is 11.9 Å². The van der Waals surface area contributed by atoms with Crippen LogP contribution in [0.1, 0.15) is 13.8 Å². The molecular formula is C19H32IN5O2. The third-order valence-corrected chi connectivity index (χ3v) is 4.70. The third kappa shape index (κ3) is 6.75. The molecule has 1 N–H and O–H groups in total. The van der Waals surface area contributed by atoms with Crippen LogP contribution in [-0.4, -0.2) is 81.3 Å². The van der Waals surface area contributed by atoms with Gasteiger partial charge in [0.1, 0.15) is 0 Å². The number of anilines is 1. The Hall–Kier alpha value is -1.71. The summed E-state index contributed by atoms with van der Waals surface area (Å²) in [5, 5.41) is 3.46. The summed E-state index contributed by atoms with van der Waals surface area (Å²) in [6.07, 6.45) is -0.229. The highest BCUT2D eigenvalue weighted by Crippen LogP contribution is 2.13. The number of nitrogens with zero attached hydrogens (tertiary/aromatic N) is 4. The topological polar surface area (TPSA) is 60.4 Å². The molecule has 1 aliphatic rings. The van der Waals surface area contributed by atoms with Gasteiger partial charge in [0.15, 0.2) is 5.96 Å². The number of piperazine rings is 1. The Labute approximate surface area is 179 Å². The monoisotopic (exact) mass is 489 g/mol. The van der Waals surface area contributed by atoms with E-state index in [1.165, 1.54) is 5.69 Å². The predicted octanol–water partition coefficient (Wildman–Crippen LogP) is 2.48. The van der Waals surface area contributed by atoms with Crippen molar-refractivity contribution in [2.45, 2.75) is 19.9 Å². The van der Waals surface area contributed by atoms with Gasteiger partial charge in [-0.2, -0.15) is 0 Å². The number of aliphatic imine (C=N–C) groups is 1. The summed E-state index contributed by atoms with van der Waals surface area (Å²) in [7, 11) is 3.90. The first-order valence-electron chi connectivity index (χ1n) is 9.22. The summed E-state index contributed by atoms with van der Waals surface area (Å²) in [6.45, 7) is 8.02. The SMILES string of the molecule is CCOC(=O)N1CCN(C(=NC)NCC(C)N(C)c2ccccc2)CC1.I. The zero-order valence-electron chi connectivity index (χ0n) is 16.7. The maximum Gasteiger partial charge on any atom is 0.409 e. The van der Waals surface area contributed by atoms with Gasteiger partial charge in [0.25, 0.3) is 0 Å². The van der Waals surface area contributed by atoms with Crippen molar-refractivity contribution in [1.29, 1.82) is 0 Å². The minimum Gasteiger partial charge on any atom is -0.450 e. The maximum absolute atomic E-state index is 11.8. The fourth-order valence-electron chi connectivity index (χ4n) is 2.94. The second-order valence-electron chi connectivity index (χ2n) is 6.40. The van der Waals surface area contributed by atoms with Crippen LogP contribution < -0.4 is 10.2 Å². The van der Waals surface area contributed by atoms with E-state index in [0.717, 1.165) is 25.6 Å². The van der Waals surface area contributed by atoms with Gasteiger partial charge in [0.05, 0.1) is 6.61 Å². The zero-order valence-corrected chi connectivity index (χ0v) is 19.1. The first kappa shape index (κ1) is 23.3. The molecular weight excluding hydrogens is 457 g/mol. The van der Waals surface area contributed by atoms with E-state index in [4.69, 9.17) is 4.74 Å². The van der Waals surface area contributed by atoms with Crippen molar-refractivity contribution in [1.82, 2.24) is 15.1 Å². The van der Waals surface area contributed by atoms with Crippen LogP contribution in [0.2, 0.25) is 0 Å². The normalized spacial score (nSPS) is 15.6. The van der Waals surface area contributed by atoms with Gasteiger partial charge in [0.2, 0.25) is 0 Å². The number of rotatable bonds is 5. The molecule has 1 heterocycles. The van der Waals surface area contributed by atoms with Crippen LogP contribution in [-0.2, 0) is 4.74 Å². The Morgan fingerprint density at radius 3 is 2.37 bits per heavy atom. The quantitative estimate of drug-likeness (QED) is 0.392. The molecule has 8 heteroatoms. The molecule has 2 rings (SSSR count). The van der Waals surface area contributed by atoms with Gasteiger partial charge in [-0.05, 0) is 26.0 Å². The number of hydrogen-bond donors (Lipinski definition) is 1. The molecule has 1 aliphatic heterocycles. The van der Waals surface area contributed by atoms with Crippen molar-refractivity contribution in [3.63, 3.8) is 0 Å². The van der Waals surface area contributed by atoms with Gasteiger partial charge in [0, 0.05) is 58.5 Å². The first-order valence-corrected chi connectivity index (χ1v) is 9.22. The zero-order chi connectivity index (χ0) is 18.9. The van der Waals surface area contributed by atoms with Crippen LogP contribution in [0, 0.1) is 0 Å². The van der Waals surface area contributed by atoms with E-state index in [9.17, 15) is 4.79 Å². The standard InChI is InChI=1S/C19H31N5O2.HI/c1-5-26-19(25)24-13-11-23(12-14-24)18(20-3)21-15-16(2)22(4)17-9-7-6-8-10-17;/h6-10,16H,5,11-15H2,1-4H3,(H,20,21);1H. The second-order valence-corrected chi connectivity index (χ2v) is 6.40. The summed E-state index contributed by atoms with van der Waals surface area (Å²) in [5.41, 5.74) is 1.19. The van der Waals surface area contributed by atoms with E-state index >= 15 is 0 Å². The summed E-state index contributed by atoms with van der Waals surface area (Å²) in [5.74, 6) is 0.877. The van der Waals surface area contributed by atoms with Crippen molar-refractivity contribution >= 4 is 41.7 Å². The molecule has 1 saturated heterocycles. The highest BCUT2D eigenvalue weighted by molar-refractivity contribution is 14.0. The van der Waals surface area contributed by atoms with Crippen molar-refractivity contribution in [2.75, 3.05) is 58.3 Å². The fraction of sp³-hybridized carbons (Fsp3) is 0.579. The molecule has 1 amide bonds. The van der Waals surface area contributed by atoms with Crippen molar-refractivity contribution in [3.8, 4) is 0 Å². The van der Waals surface area contributed by atoms with Crippen LogP contribution in [0.15, 0.2) is 35.3 Å². The van der Waals surface area contributed by atoms with Crippen LogP contribution >= 0.6 is 24.0 Å². The van der Waals surface area contributed by atoms with Crippen LogP contribution in [0.4, 0.5) is 10.5 Å². The highest BCUT2D eigenvalue weighted by Gasteiger charge is 2.24. The van der Waals surface area contributed by atoms with E-state index in [-0.39, 0.29) is 30.1 Å². The molecule has 0 bridgehead atoms. The average Bonchev–Trinajstić information content (AvgIpc) is 2.69. The van der Waals surface area contributed by atoms with E-state index in [2.05, 4.69) is 46.2 Å². The van der Waals surface area contributed by atoms with Gasteiger partial charge < -0.3 is 24.8 Å². The largest absolute Gasteiger partial charge is 0.450 e. The minimum absolute atomic E-state index is 0. The van der Waals surface area contributed by atoms with Gasteiger partial charge in [-0.15, -0.1) is 24.0 Å². The predicted molar refractivity (Wildman–Crippen MR) is 121 cm³/mol. The number of halogens is 1. The number of amides is 1. The van der Waals surface area contributed by atoms with Gasteiger partial charge in [-0.3, -0.25) is 4.99 Å². The van der Waals surface area contributed by atoms with Gasteiger partial charge in [-0.25, -0.2) is 4.79 Å². The molecule has 7 nitrogen and oxygen atoms in total. The molecule has 0 saturated carbocycles. The molecule has 0 aromatic heterocycles. The van der Waals surface area contributed by atoms with E-state index in [0.29, 0.717) is 25.7 Å². The maximum atomic E-state index is 11.8. The number of carbonyl (C=O) groups is 1. The van der Waals surface area contributed by atoms with Crippen molar-refractivity contribution < 1.29 is 9.53 Å². The Balaban J connectivity index is 0.00000364. The average molecular weight is 489 g/mol. The molecule has 1 aromatic carbocycles. The molecule has 1 fully saturated rings. The molecule has 27 heavy (non-hydrogen) atoms. The number of likely N-dealkylation sites (N-methyl/N-ethyl adjacent to an activating group) is 1. The molecule has 1 unspecified atom stereocenters. The van der Waals surface area contributed by atoms with Gasteiger partial charge in [-0.1, -0.05) is 18.2 Å². The Morgan fingerprint density at radius 2 is 1.81 bits per heavy atom. The molecule has 1 atom stereocenters. The van der Waals surface area contributed by atoms with Crippen LogP contribution in [0.3, 0.4) is 0 Å².